The predicted molar refractivity (Wildman–Crippen MR) is 109 cm³/mol. The second-order valence-corrected chi connectivity index (χ2v) is 7.71. The second-order valence-electron chi connectivity index (χ2n) is 6.70. The minimum Gasteiger partial charge on any atom is -0.383 e. The van der Waals surface area contributed by atoms with E-state index >= 15 is 0 Å². The average molecular weight is 395 g/mol. The maximum atomic E-state index is 9.66. The van der Waals surface area contributed by atoms with Crippen molar-refractivity contribution in [3.8, 4) is 27.8 Å². The number of nitrogens with zero attached hydrogens (tertiary/aromatic N) is 6. The van der Waals surface area contributed by atoms with E-state index in [2.05, 4.69) is 26.0 Å². The van der Waals surface area contributed by atoms with Crippen LogP contribution < -0.4 is 10.6 Å². The Morgan fingerprint density at radius 3 is 2.68 bits per heavy atom. The largest absolute Gasteiger partial charge is 0.383 e. The zero-order valence-electron chi connectivity index (χ0n) is 16.1. The van der Waals surface area contributed by atoms with Crippen molar-refractivity contribution in [2.24, 2.45) is 7.05 Å². The van der Waals surface area contributed by atoms with Crippen LogP contribution in [0.4, 0.5) is 10.9 Å². The molecule has 0 unspecified atom stereocenters. The number of thiazole rings is 1. The van der Waals surface area contributed by atoms with Crippen molar-refractivity contribution >= 4 is 22.3 Å². The number of ether oxygens (including phenoxy) is 1. The lowest BCUT2D eigenvalue weighted by Gasteiger charge is -2.25. The highest BCUT2D eigenvalue weighted by Gasteiger charge is 2.21. The molecule has 0 atom stereocenters. The highest BCUT2D eigenvalue weighted by molar-refractivity contribution is 7.18. The second kappa shape index (κ2) is 7.22. The van der Waals surface area contributed by atoms with Gasteiger partial charge in [-0.3, -0.25) is 4.68 Å². The van der Waals surface area contributed by atoms with Gasteiger partial charge in [-0.25, -0.2) is 9.97 Å². The fourth-order valence-electron chi connectivity index (χ4n) is 3.44. The smallest absolute Gasteiger partial charge is 0.186 e. The predicted octanol–water partition coefficient (Wildman–Crippen LogP) is 2.51. The molecule has 0 radical (unpaired) electrons. The Morgan fingerprint density at radius 2 is 2.04 bits per heavy atom. The Morgan fingerprint density at radius 1 is 1.29 bits per heavy atom. The van der Waals surface area contributed by atoms with E-state index in [1.807, 2.05) is 31.6 Å². The van der Waals surface area contributed by atoms with Gasteiger partial charge in [0, 0.05) is 43.2 Å². The Kier molecular flexibility index (Phi) is 4.75. The molecule has 1 aliphatic heterocycles. The van der Waals surface area contributed by atoms with Crippen molar-refractivity contribution in [2.75, 3.05) is 36.9 Å². The molecule has 9 heteroatoms. The molecular formula is C19H21N7OS. The highest BCUT2D eigenvalue weighted by atomic mass is 32.1. The van der Waals surface area contributed by atoms with Crippen molar-refractivity contribution in [2.45, 2.75) is 13.8 Å². The summed E-state index contributed by atoms with van der Waals surface area (Å²) in [6, 6.07) is 4.12. The van der Waals surface area contributed by atoms with E-state index in [-0.39, 0.29) is 5.82 Å². The van der Waals surface area contributed by atoms with Gasteiger partial charge in [-0.15, -0.1) is 0 Å². The van der Waals surface area contributed by atoms with Crippen molar-refractivity contribution in [3.63, 3.8) is 0 Å². The van der Waals surface area contributed by atoms with E-state index < -0.39 is 0 Å². The zero-order chi connectivity index (χ0) is 19.8. The molecule has 1 saturated heterocycles. The minimum atomic E-state index is 0.221. The average Bonchev–Trinajstić information content (AvgIpc) is 3.27. The molecule has 3 aromatic rings. The van der Waals surface area contributed by atoms with Crippen LogP contribution in [0.2, 0.25) is 0 Å². The SMILES string of the molecule is Cc1nn(C)c(C)c1-c1cc(-c2cnc(N3CCOCC3)s2)c(C#N)c(N)n1. The quantitative estimate of drug-likeness (QED) is 0.726. The third-order valence-corrected chi connectivity index (χ3v) is 6.06. The van der Waals surface area contributed by atoms with Gasteiger partial charge in [0.15, 0.2) is 5.13 Å². The number of hydrogen-bond acceptors (Lipinski definition) is 8. The number of hydrogen-bond donors (Lipinski definition) is 1. The van der Waals surface area contributed by atoms with Crippen molar-refractivity contribution < 1.29 is 4.74 Å². The summed E-state index contributed by atoms with van der Waals surface area (Å²) in [5.41, 5.74) is 10.8. The van der Waals surface area contributed by atoms with Gasteiger partial charge in [0.25, 0.3) is 0 Å². The van der Waals surface area contributed by atoms with E-state index in [1.165, 1.54) is 0 Å². The molecule has 2 N–H and O–H groups in total. The van der Waals surface area contributed by atoms with Crippen LogP contribution in [0.3, 0.4) is 0 Å². The zero-order valence-corrected chi connectivity index (χ0v) is 16.9. The molecule has 0 amide bonds. The lowest BCUT2D eigenvalue weighted by atomic mass is 10.0. The van der Waals surface area contributed by atoms with Crippen LogP contribution in [-0.4, -0.2) is 46.1 Å². The van der Waals surface area contributed by atoms with E-state index in [0.29, 0.717) is 18.8 Å². The monoisotopic (exact) mass is 395 g/mol. The summed E-state index contributed by atoms with van der Waals surface area (Å²) in [7, 11) is 1.90. The van der Waals surface area contributed by atoms with Crippen molar-refractivity contribution in [1.29, 1.82) is 5.26 Å². The fourth-order valence-corrected chi connectivity index (χ4v) is 4.43. The first-order valence-corrected chi connectivity index (χ1v) is 9.81. The van der Waals surface area contributed by atoms with Gasteiger partial charge in [0.2, 0.25) is 0 Å². The van der Waals surface area contributed by atoms with Crippen LogP contribution in [0, 0.1) is 25.2 Å². The third kappa shape index (κ3) is 3.10. The number of aryl methyl sites for hydroxylation is 2. The maximum absolute atomic E-state index is 9.66. The molecule has 0 saturated carbocycles. The molecule has 3 aromatic heterocycles. The van der Waals surface area contributed by atoms with Crippen LogP contribution in [0.15, 0.2) is 12.3 Å². The van der Waals surface area contributed by atoms with Crippen LogP contribution in [-0.2, 0) is 11.8 Å². The summed E-state index contributed by atoms with van der Waals surface area (Å²) in [4.78, 5) is 12.2. The summed E-state index contributed by atoms with van der Waals surface area (Å²) >= 11 is 1.55. The van der Waals surface area contributed by atoms with E-state index in [0.717, 1.165) is 51.3 Å². The number of aromatic nitrogens is 4. The summed E-state index contributed by atoms with van der Waals surface area (Å²) in [6.07, 6.45) is 1.80. The Balaban J connectivity index is 1.81. The van der Waals surface area contributed by atoms with Gasteiger partial charge in [-0.05, 0) is 19.9 Å². The van der Waals surface area contributed by atoms with Crippen LogP contribution >= 0.6 is 11.3 Å². The number of nitrogens with two attached hydrogens (primary N) is 1. The van der Waals surface area contributed by atoms with Crippen LogP contribution in [0.25, 0.3) is 21.7 Å². The molecule has 4 rings (SSSR count). The molecule has 0 spiro atoms. The van der Waals surface area contributed by atoms with Gasteiger partial charge >= 0.3 is 0 Å². The number of morpholine rings is 1. The number of nitrogen functional groups attached to an aromatic ring is 1. The van der Waals surface area contributed by atoms with Crippen molar-refractivity contribution in [3.05, 3.63) is 29.2 Å². The third-order valence-electron chi connectivity index (χ3n) is 4.96. The lowest BCUT2D eigenvalue weighted by Crippen LogP contribution is -2.36. The number of pyridine rings is 1. The summed E-state index contributed by atoms with van der Waals surface area (Å²) in [6.45, 7) is 6.97. The van der Waals surface area contributed by atoms with Gasteiger partial charge in [0.05, 0.1) is 29.5 Å². The minimum absolute atomic E-state index is 0.221. The van der Waals surface area contributed by atoms with Gasteiger partial charge in [-0.2, -0.15) is 10.4 Å². The lowest BCUT2D eigenvalue weighted by molar-refractivity contribution is 0.122. The van der Waals surface area contributed by atoms with Crippen molar-refractivity contribution in [1.82, 2.24) is 19.7 Å². The molecule has 0 aromatic carbocycles. The van der Waals surface area contributed by atoms with Gasteiger partial charge in [0.1, 0.15) is 17.5 Å². The summed E-state index contributed by atoms with van der Waals surface area (Å²) in [5.74, 6) is 0.221. The first-order chi connectivity index (χ1) is 13.5. The molecule has 0 bridgehead atoms. The molecule has 144 valence electrons. The van der Waals surface area contributed by atoms with E-state index in [9.17, 15) is 5.26 Å². The first kappa shape index (κ1) is 18.4. The number of nitriles is 1. The standard InChI is InChI=1S/C19H21N7OS/c1-11-17(12(2)25(3)24-11)15-8-13(14(9-20)18(21)23-15)16-10-22-19(28-16)26-4-6-27-7-5-26/h8,10H,4-7H2,1-3H3,(H2,21,23). The molecule has 4 heterocycles. The Hall–Kier alpha value is -2.96. The molecule has 1 fully saturated rings. The first-order valence-electron chi connectivity index (χ1n) is 8.99. The molecule has 28 heavy (non-hydrogen) atoms. The topological polar surface area (TPSA) is 106 Å². The van der Waals surface area contributed by atoms with E-state index in [4.69, 9.17) is 10.5 Å². The molecule has 8 nitrogen and oxygen atoms in total. The summed E-state index contributed by atoms with van der Waals surface area (Å²) < 4.78 is 7.24. The van der Waals surface area contributed by atoms with Crippen LogP contribution in [0.1, 0.15) is 17.0 Å². The Bertz CT molecular complexity index is 1070. The number of anilines is 2. The molecule has 1 aliphatic rings. The molecule has 0 aliphatic carbocycles. The van der Waals surface area contributed by atoms with Gasteiger partial charge in [-0.1, -0.05) is 11.3 Å². The fraction of sp³-hybridized carbons (Fsp3) is 0.368. The summed E-state index contributed by atoms with van der Waals surface area (Å²) in [5, 5.41) is 15.1. The normalized spacial score (nSPS) is 14.3. The van der Waals surface area contributed by atoms with Gasteiger partial charge < -0.3 is 15.4 Å². The Labute approximate surface area is 167 Å². The van der Waals surface area contributed by atoms with E-state index in [1.54, 1.807) is 17.5 Å². The maximum Gasteiger partial charge on any atom is 0.186 e. The highest BCUT2D eigenvalue weighted by Crippen LogP contribution is 2.37. The van der Waals surface area contributed by atoms with Crippen LogP contribution in [0.5, 0.6) is 0 Å². The molecular weight excluding hydrogens is 374 g/mol. The number of rotatable bonds is 3.